The van der Waals surface area contributed by atoms with Crippen molar-refractivity contribution in [1.29, 1.82) is 0 Å². The number of halogens is 1. The lowest BCUT2D eigenvalue weighted by Gasteiger charge is -2.02. The van der Waals surface area contributed by atoms with Crippen molar-refractivity contribution in [3.05, 3.63) is 34.9 Å². The minimum absolute atomic E-state index is 0.621. The Morgan fingerprint density at radius 2 is 2.28 bits per heavy atom. The third kappa shape index (κ3) is 3.40. The van der Waals surface area contributed by atoms with Crippen LogP contribution in [0.25, 0.3) is 0 Å². The smallest absolute Gasteiger partial charge is 0.226 e. The highest BCUT2D eigenvalue weighted by Crippen LogP contribution is 2.30. The molecule has 0 aliphatic heterocycles. The molecule has 2 rings (SSSR count). The van der Waals surface area contributed by atoms with E-state index in [1.54, 1.807) is 23.9 Å². The summed E-state index contributed by atoms with van der Waals surface area (Å²) in [5.41, 5.74) is 6.41. The van der Waals surface area contributed by atoms with E-state index in [0.29, 0.717) is 28.2 Å². The zero-order valence-corrected chi connectivity index (χ0v) is 11.6. The third-order valence-corrected chi connectivity index (χ3v) is 3.78. The van der Waals surface area contributed by atoms with E-state index in [4.69, 9.17) is 21.9 Å². The van der Waals surface area contributed by atoms with E-state index in [2.05, 4.69) is 17.1 Å². The summed E-state index contributed by atoms with van der Waals surface area (Å²) in [5.74, 6) is 1.99. The summed E-state index contributed by atoms with van der Waals surface area (Å²) in [4.78, 5) is 5.22. The molecule has 18 heavy (non-hydrogen) atoms. The molecule has 2 aromatic rings. The summed E-state index contributed by atoms with van der Waals surface area (Å²) in [6, 6.07) is 5.41. The molecule has 0 saturated carbocycles. The van der Waals surface area contributed by atoms with Crippen molar-refractivity contribution in [1.82, 2.24) is 10.1 Å². The molecule has 0 saturated heterocycles. The zero-order valence-electron chi connectivity index (χ0n) is 10.0. The van der Waals surface area contributed by atoms with Gasteiger partial charge in [0.05, 0.1) is 10.8 Å². The molecule has 0 spiro atoms. The van der Waals surface area contributed by atoms with Crippen molar-refractivity contribution in [2.75, 3.05) is 5.73 Å². The maximum absolute atomic E-state index is 6.08. The number of rotatable bonds is 5. The molecule has 0 unspecified atom stereocenters. The number of thioether (sulfide) groups is 1. The highest BCUT2D eigenvalue weighted by atomic mass is 35.5. The number of benzene rings is 1. The van der Waals surface area contributed by atoms with Crippen molar-refractivity contribution in [3.63, 3.8) is 0 Å². The Morgan fingerprint density at radius 3 is 3.06 bits per heavy atom. The Balaban J connectivity index is 1.99. The largest absolute Gasteiger partial charge is 0.399 e. The average Bonchev–Trinajstić information content (AvgIpc) is 2.79. The van der Waals surface area contributed by atoms with Crippen molar-refractivity contribution in [2.24, 2.45) is 0 Å². The lowest BCUT2D eigenvalue weighted by molar-refractivity contribution is 0.373. The lowest BCUT2D eigenvalue weighted by atomic mass is 10.3. The van der Waals surface area contributed by atoms with Crippen LogP contribution in [0.1, 0.15) is 25.1 Å². The fourth-order valence-electron chi connectivity index (χ4n) is 1.44. The number of aryl methyl sites for hydroxylation is 1. The van der Waals surface area contributed by atoms with E-state index in [-0.39, 0.29) is 0 Å². The van der Waals surface area contributed by atoms with Crippen LogP contribution in [0.3, 0.4) is 0 Å². The number of hydrogen-bond acceptors (Lipinski definition) is 5. The van der Waals surface area contributed by atoms with Crippen molar-refractivity contribution < 1.29 is 4.52 Å². The zero-order chi connectivity index (χ0) is 13.0. The SMILES string of the molecule is CCCc1nc(CSc2cc(N)ccc2Cl)no1. The van der Waals surface area contributed by atoms with Gasteiger partial charge in [0.25, 0.3) is 0 Å². The van der Waals surface area contributed by atoms with E-state index in [1.807, 2.05) is 6.07 Å². The Hall–Kier alpha value is -1.20. The Morgan fingerprint density at radius 1 is 1.44 bits per heavy atom. The van der Waals surface area contributed by atoms with Gasteiger partial charge >= 0.3 is 0 Å². The van der Waals surface area contributed by atoms with Gasteiger partial charge in [-0.05, 0) is 24.6 Å². The second-order valence-electron chi connectivity index (χ2n) is 3.83. The molecule has 0 aliphatic carbocycles. The highest BCUT2D eigenvalue weighted by molar-refractivity contribution is 7.98. The van der Waals surface area contributed by atoms with Gasteiger partial charge in [-0.3, -0.25) is 0 Å². The summed E-state index contributed by atoms with van der Waals surface area (Å²) in [6.07, 6.45) is 1.81. The summed E-state index contributed by atoms with van der Waals surface area (Å²) in [5, 5.41) is 4.61. The molecule has 0 aliphatic rings. The molecule has 2 N–H and O–H groups in total. The summed E-state index contributed by atoms with van der Waals surface area (Å²) >= 11 is 7.63. The van der Waals surface area contributed by atoms with Crippen molar-refractivity contribution in [3.8, 4) is 0 Å². The standard InChI is InChI=1S/C12H14ClN3OS/c1-2-3-12-15-11(16-17-12)7-18-10-6-8(14)4-5-9(10)13/h4-6H,2-3,7,14H2,1H3. The molecular formula is C12H14ClN3OS. The molecule has 0 radical (unpaired) electrons. The first kappa shape index (κ1) is 13.2. The number of anilines is 1. The van der Waals surface area contributed by atoms with E-state index < -0.39 is 0 Å². The summed E-state index contributed by atoms with van der Waals surface area (Å²) in [7, 11) is 0. The molecule has 1 aromatic carbocycles. The molecule has 0 atom stereocenters. The molecule has 0 amide bonds. The number of nitrogens with zero attached hydrogens (tertiary/aromatic N) is 2. The molecule has 4 nitrogen and oxygen atoms in total. The first-order chi connectivity index (χ1) is 8.69. The van der Waals surface area contributed by atoms with Crippen LogP contribution in [0.4, 0.5) is 5.69 Å². The van der Waals surface area contributed by atoms with Gasteiger partial charge in [-0.1, -0.05) is 23.7 Å². The van der Waals surface area contributed by atoms with Gasteiger partial charge < -0.3 is 10.3 Å². The Bertz CT molecular complexity index is 530. The first-order valence-corrected chi connectivity index (χ1v) is 7.04. The fourth-order valence-corrected chi connectivity index (χ4v) is 2.55. The van der Waals surface area contributed by atoms with Crippen LogP contribution in [-0.2, 0) is 12.2 Å². The van der Waals surface area contributed by atoms with Gasteiger partial charge in [-0.15, -0.1) is 11.8 Å². The highest BCUT2D eigenvalue weighted by Gasteiger charge is 2.08. The average molecular weight is 284 g/mol. The number of hydrogen-bond donors (Lipinski definition) is 1. The van der Waals surface area contributed by atoms with Gasteiger partial charge in [-0.25, -0.2) is 0 Å². The maximum Gasteiger partial charge on any atom is 0.226 e. The van der Waals surface area contributed by atoms with Gasteiger partial charge in [0, 0.05) is 17.0 Å². The summed E-state index contributed by atoms with van der Waals surface area (Å²) in [6.45, 7) is 2.07. The maximum atomic E-state index is 6.08. The van der Waals surface area contributed by atoms with Crippen LogP contribution in [0.2, 0.25) is 5.02 Å². The molecule has 1 aromatic heterocycles. The Kier molecular flexibility index (Phi) is 4.49. The summed E-state index contributed by atoms with van der Waals surface area (Å²) < 4.78 is 5.12. The Labute approximate surface area is 115 Å². The van der Waals surface area contributed by atoms with Crippen LogP contribution in [0.5, 0.6) is 0 Å². The van der Waals surface area contributed by atoms with Crippen LogP contribution in [0, 0.1) is 0 Å². The monoisotopic (exact) mass is 283 g/mol. The van der Waals surface area contributed by atoms with Crippen LogP contribution < -0.4 is 5.73 Å². The molecule has 96 valence electrons. The second kappa shape index (κ2) is 6.11. The molecule has 6 heteroatoms. The van der Waals surface area contributed by atoms with Crippen molar-refractivity contribution in [2.45, 2.75) is 30.4 Å². The van der Waals surface area contributed by atoms with Gasteiger partial charge in [0.15, 0.2) is 5.82 Å². The number of nitrogens with two attached hydrogens (primary N) is 1. The van der Waals surface area contributed by atoms with E-state index in [0.717, 1.165) is 17.7 Å². The van der Waals surface area contributed by atoms with Gasteiger partial charge in [-0.2, -0.15) is 4.98 Å². The normalized spacial score (nSPS) is 10.8. The predicted octanol–water partition coefficient (Wildman–Crippen LogP) is 3.55. The quantitative estimate of drug-likeness (QED) is 0.671. The van der Waals surface area contributed by atoms with Gasteiger partial charge in [0.1, 0.15) is 0 Å². The molecular weight excluding hydrogens is 270 g/mol. The predicted molar refractivity (Wildman–Crippen MR) is 73.7 cm³/mol. The van der Waals surface area contributed by atoms with E-state index >= 15 is 0 Å². The van der Waals surface area contributed by atoms with Crippen LogP contribution in [0.15, 0.2) is 27.6 Å². The molecule has 1 heterocycles. The first-order valence-electron chi connectivity index (χ1n) is 5.68. The van der Waals surface area contributed by atoms with E-state index in [1.165, 1.54) is 0 Å². The third-order valence-electron chi connectivity index (χ3n) is 2.29. The topological polar surface area (TPSA) is 64.9 Å². The molecule has 0 bridgehead atoms. The second-order valence-corrected chi connectivity index (χ2v) is 5.26. The van der Waals surface area contributed by atoms with Crippen molar-refractivity contribution >= 4 is 29.1 Å². The minimum Gasteiger partial charge on any atom is -0.399 e. The van der Waals surface area contributed by atoms with Gasteiger partial charge in [0.2, 0.25) is 5.89 Å². The van der Waals surface area contributed by atoms with Crippen LogP contribution >= 0.6 is 23.4 Å². The van der Waals surface area contributed by atoms with E-state index in [9.17, 15) is 0 Å². The lowest BCUT2D eigenvalue weighted by Crippen LogP contribution is -1.88. The molecule has 0 fully saturated rings. The number of aromatic nitrogens is 2. The minimum atomic E-state index is 0.621. The van der Waals surface area contributed by atoms with Crippen LogP contribution in [-0.4, -0.2) is 10.1 Å². The number of nitrogen functional groups attached to an aromatic ring is 1. The fraction of sp³-hybridized carbons (Fsp3) is 0.333.